The minimum Gasteiger partial charge on any atom is -0.497 e. The minimum absolute atomic E-state index is 0.888. The average Bonchev–Trinajstić information content (AvgIpc) is 2.54. The summed E-state index contributed by atoms with van der Waals surface area (Å²) in [7, 11) is 3.81. The summed E-state index contributed by atoms with van der Waals surface area (Å²) in [6, 6.07) is 10.3. The summed E-state index contributed by atoms with van der Waals surface area (Å²) < 4.78 is 5.21. The topological polar surface area (TPSA) is 25.4 Å². The van der Waals surface area contributed by atoms with E-state index in [9.17, 15) is 0 Å². The molecule has 0 aliphatic rings. The van der Waals surface area contributed by atoms with Crippen molar-refractivity contribution in [2.24, 2.45) is 0 Å². The molecule has 0 amide bonds. The van der Waals surface area contributed by atoms with Crippen LogP contribution in [0.1, 0.15) is 30.7 Å². The second-order valence-electron chi connectivity index (χ2n) is 5.16. The number of aryl methyl sites for hydroxylation is 1. The Kier molecular flexibility index (Phi) is 5.20. The second-order valence-corrected chi connectivity index (χ2v) is 5.16. The van der Waals surface area contributed by atoms with Crippen LogP contribution in [0.4, 0.5) is 5.69 Å². The highest BCUT2D eigenvalue weighted by molar-refractivity contribution is 5.49. The predicted molar refractivity (Wildman–Crippen MR) is 88.1 cm³/mol. The van der Waals surface area contributed by atoms with Gasteiger partial charge < -0.3 is 9.64 Å². The highest BCUT2D eigenvalue weighted by Gasteiger charge is 2.09. The SMILES string of the molecule is CCc1nccc(CN(C)c2ccc(OC)cc2)c1CC. The number of aromatic nitrogens is 1. The van der Waals surface area contributed by atoms with Crippen LogP contribution in [0.15, 0.2) is 36.5 Å². The molecule has 0 N–H and O–H groups in total. The summed E-state index contributed by atoms with van der Waals surface area (Å²) in [5, 5.41) is 0. The summed E-state index contributed by atoms with van der Waals surface area (Å²) in [4.78, 5) is 6.75. The summed E-state index contributed by atoms with van der Waals surface area (Å²) in [6.45, 7) is 5.26. The average molecular weight is 284 g/mol. The molecule has 0 bridgehead atoms. The Morgan fingerprint density at radius 1 is 1.05 bits per heavy atom. The van der Waals surface area contributed by atoms with E-state index in [1.165, 1.54) is 22.5 Å². The molecule has 0 saturated carbocycles. The van der Waals surface area contributed by atoms with E-state index in [2.05, 4.69) is 49.0 Å². The molecule has 1 aromatic heterocycles. The quantitative estimate of drug-likeness (QED) is 0.805. The van der Waals surface area contributed by atoms with Gasteiger partial charge in [-0.05, 0) is 54.3 Å². The van der Waals surface area contributed by atoms with Crippen LogP contribution in [0.2, 0.25) is 0 Å². The van der Waals surface area contributed by atoms with Gasteiger partial charge in [0, 0.05) is 31.2 Å². The molecule has 0 unspecified atom stereocenters. The third kappa shape index (κ3) is 3.54. The first-order valence-electron chi connectivity index (χ1n) is 7.50. The van der Waals surface area contributed by atoms with Crippen molar-refractivity contribution in [3.8, 4) is 5.75 Å². The predicted octanol–water partition coefficient (Wildman–Crippen LogP) is 3.85. The van der Waals surface area contributed by atoms with Gasteiger partial charge in [-0.15, -0.1) is 0 Å². The van der Waals surface area contributed by atoms with Crippen molar-refractivity contribution in [2.45, 2.75) is 33.2 Å². The highest BCUT2D eigenvalue weighted by Crippen LogP contribution is 2.22. The van der Waals surface area contributed by atoms with Gasteiger partial charge in [-0.1, -0.05) is 13.8 Å². The van der Waals surface area contributed by atoms with Crippen molar-refractivity contribution in [2.75, 3.05) is 19.1 Å². The molecular formula is C18H24N2O. The number of pyridine rings is 1. The van der Waals surface area contributed by atoms with Gasteiger partial charge in [0.25, 0.3) is 0 Å². The molecule has 1 aromatic carbocycles. The maximum atomic E-state index is 5.21. The third-order valence-corrected chi connectivity index (χ3v) is 3.85. The van der Waals surface area contributed by atoms with Gasteiger partial charge >= 0.3 is 0 Å². The summed E-state index contributed by atoms with van der Waals surface area (Å²) in [6.07, 6.45) is 3.95. The molecule has 3 heteroatoms. The molecular weight excluding hydrogens is 260 g/mol. The number of benzene rings is 1. The van der Waals surface area contributed by atoms with E-state index in [1.54, 1.807) is 7.11 Å². The van der Waals surface area contributed by atoms with Crippen LogP contribution in [0.5, 0.6) is 5.75 Å². The maximum absolute atomic E-state index is 5.21. The van der Waals surface area contributed by atoms with Crippen molar-refractivity contribution < 1.29 is 4.74 Å². The third-order valence-electron chi connectivity index (χ3n) is 3.85. The second kappa shape index (κ2) is 7.11. The van der Waals surface area contributed by atoms with Crippen LogP contribution < -0.4 is 9.64 Å². The lowest BCUT2D eigenvalue weighted by atomic mass is 10.0. The fraction of sp³-hybridized carbons (Fsp3) is 0.389. The maximum Gasteiger partial charge on any atom is 0.119 e. The zero-order valence-corrected chi connectivity index (χ0v) is 13.4. The number of anilines is 1. The van der Waals surface area contributed by atoms with Gasteiger partial charge in [-0.2, -0.15) is 0 Å². The Morgan fingerprint density at radius 3 is 2.33 bits per heavy atom. The molecule has 0 saturated heterocycles. The molecule has 0 spiro atoms. The number of nitrogens with zero attached hydrogens (tertiary/aromatic N) is 2. The Balaban J connectivity index is 2.20. The fourth-order valence-corrected chi connectivity index (χ4v) is 2.65. The van der Waals surface area contributed by atoms with Crippen LogP contribution in [-0.2, 0) is 19.4 Å². The van der Waals surface area contributed by atoms with E-state index >= 15 is 0 Å². The fourth-order valence-electron chi connectivity index (χ4n) is 2.65. The zero-order chi connectivity index (χ0) is 15.2. The molecule has 0 aliphatic heterocycles. The first kappa shape index (κ1) is 15.4. The Labute approximate surface area is 127 Å². The van der Waals surface area contributed by atoms with Gasteiger partial charge in [-0.25, -0.2) is 0 Å². The van der Waals surface area contributed by atoms with E-state index in [4.69, 9.17) is 4.74 Å². The highest BCUT2D eigenvalue weighted by atomic mass is 16.5. The smallest absolute Gasteiger partial charge is 0.119 e. The molecule has 0 fully saturated rings. The lowest BCUT2D eigenvalue weighted by molar-refractivity contribution is 0.415. The molecule has 0 atom stereocenters. The van der Waals surface area contributed by atoms with Gasteiger partial charge in [0.2, 0.25) is 0 Å². The molecule has 1 heterocycles. The van der Waals surface area contributed by atoms with Crippen LogP contribution in [0, 0.1) is 0 Å². The lowest BCUT2D eigenvalue weighted by Crippen LogP contribution is -2.18. The van der Waals surface area contributed by atoms with Crippen LogP contribution >= 0.6 is 0 Å². The van der Waals surface area contributed by atoms with Crippen LogP contribution in [0.25, 0.3) is 0 Å². The van der Waals surface area contributed by atoms with Crippen molar-refractivity contribution in [1.29, 1.82) is 0 Å². The Morgan fingerprint density at radius 2 is 1.76 bits per heavy atom. The molecule has 3 nitrogen and oxygen atoms in total. The first-order chi connectivity index (χ1) is 10.2. The monoisotopic (exact) mass is 284 g/mol. The van der Waals surface area contributed by atoms with Crippen molar-refractivity contribution in [3.63, 3.8) is 0 Å². The minimum atomic E-state index is 0.888. The number of hydrogen-bond donors (Lipinski definition) is 0. The van der Waals surface area contributed by atoms with E-state index in [0.29, 0.717) is 0 Å². The van der Waals surface area contributed by atoms with Gasteiger partial charge in [-0.3, -0.25) is 4.98 Å². The van der Waals surface area contributed by atoms with E-state index < -0.39 is 0 Å². The largest absolute Gasteiger partial charge is 0.497 e. The molecule has 2 aromatic rings. The molecule has 0 radical (unpaired) electrons. The summed E-state index contributed by atoms with van der Waals surface area (Å²) in [5.41, 5.74) is 5.16. The van der Waals surface area contributed by atoms with E-state index in [-0.39, 0.29) is 0 Å². The summed E-state index contributed by atoms with van der Waals surface area (Å²) >= 11 is 0. The van der Waals surface area contributed by atoms with Crippen LogP contribution in [0.3, 0.4) is 0 Å². The van der Waals surface area contributed by atoms with E-state index in [0.717, 1.165) is 25.1 Å². The van der Waals surface area contributed by atoms with Crippen molar-refractivity contribution in [1.82, 2.24) is 4.98 Å². The van der Waals surface area contributed by atoms with Crippen molar-refractivity contribution in [3.05, 3.63) is 53.3 Å². The molecule has 0 aliphatic carbocycles. The Hall–Kier alpha value is -2.03. The van der Waals surface area contributed by atoms with Gasteiger partial charge in [0.1, 0.15) is 5.75 Å². The summed E-state index contributed by atoms with van der Waals surface area (Å²) in [5.74, 6) is 0.888. The lowest BCUT2D eigenvalue weighted by Gasteiger charge is -2.22. The Bertz CT molecular complexity index is 578. The van der Waals surface area contributed by atoms with E-state index in [1.807, 2.05) is 18.3 Å². The first-order valence-corrected chi connectivity index (χ1v) is 7.50. The molecule has 2 rings (SSSR count). The normalized spacial score (nSPS) is 10.5. The standard InChI is InChI=1S/C18H24N2O/c1-5-17-14(11-12-19-18(17)6-2)13-20(3)15-7-9-16(21-4)10-8-15/h7-12H,5-6,13H2,1-4H3. The molecule has 21 heavy (non-hydrogen) atoms. The van der Waals surface area contributed by atoms with Crippen molar-refractivity contribution >= 4 is 5.69 Å². The van der Waals surface area contributed by atoms with Gasteiger partial charge in [0.15, 0.2) is 0 Å². The number of ether oxygens (including phenoxy) is 1. The molecule has 112 valence electrons. The zero-order valence-electron chi connectivity index (χ0n) is 13.4. The number of methoxy groups -OCH3 is 1. The van der Waals surface area contributed by atoms with Crippen LogP contribution in [-0.4, -0.2) is 19.1 Å². The number of hydrogen-bond acceptors (Lipinski definition) is 3. The van der Waals surface area contributed by atoms with Gasteiger partial charge in [0.05, 0.1) is 7.11 Å². The number of rotatable bonds is 6.